The van der Waals surface area contributed by atoms with Crippen LogP contribution in [0, 0.1) is 0 Å². The van der Waals surface area contributed by atoms with E-state index in [4.69, 9.17) is 5.73 Å². The SMILES string of the molecule is CC(C)Sc1ccc(CCCCN)s1. The number of thiophene rings is 1. The molecule has 0 bridgehead atoms. The summed E-state index contributed by atoms with van der Waals surface area (Å²) in [6, 6.07) is 4.50. The van der Waals surface area contributed by atoms with Gasteiger partial charge in [-0.15, -0.1) is 23.1 Å². The van der Waals surface area contributed by atoms with Crippen LogP contribution in [0.2, 0.25) is 0 Å². The summed E-state index contributed by atoms with van der Waals surface area (Å²) in [4.78, 5) is 1.50. The van der Waals surface area contributed by atoms with Gasteiger partial charge in [0, 0.05) is 10.1 Å². The minimum absolute atomic E-state index is 0.686. The van der Waals surface area contributed by atoms with E-state index in [1.54, 1.807) is 0 Å². The summed E-state index contributed by atoms with van der Waals surface area (Å²) < 4.78 is 1.45. The van der Waals surface area contributed by atoms with Gasteiger partial charge in [0.15, 0.2) is 0 Å². The van der Waals surface area contributed by atoms with Gasteiger partial charge in [-0.25, -0.2) is 0 Å². The monoisotopic (exact) mass is 229 g/mol. The van der Waals surface area contributed by atoms with Crippen molar-refractivity contribution in [3.8, 4) is 0 Å². The van der Waals surface area contributed by atoms with E-state index in [0.29, 0.717) is 5.25 Å². The highest BCUT2D eigenvalue weighted by Gasteiger charge is 2.02. The molecule has 0 atom stereocenters. The lowest BCUT2D eigenvalue weighted by atomic mass is 10.2. The zero-order valence-corrected chi connectivity index (χ0v) is 10.6. The van der Waals surface area contributed by atoms with Crippen molar-refractivity contribution in [1.82, 2.24) is 0 Å². The number of hydrogen-bond acceptors (Lipinski definition) is 3. The molecule has 0 saturated carbocycles. The zero-order valence-electron chi connectivity index (χ0n) is 8.95. The normalized spacial score (nSPS) is 11.1. The fourth-order valence-electron chi connectivity index (χ4n) is 1.23. The lowest BCUT2D eigenvalue weighted by molar-refractivity contribution is 0.751. The third-order valence-electron chi connectivity index (χ3n) is 1.87. The van der Waals surface area contributed by atoms with Gasteiger partial charge in [-0.05, 0) is 37.9 Å². The van der Waals surface area contributed by atoms with Gasteiger partial charge >= 0.3 is 0 Å². The molecule has 80 valence electrons. The molecule has 0 spiro atoms. The number of hydrogen-bond donors (Lipinski definition) is 1. The molecule has 1 nitrogen and oxygen atoms in total. The molecule has 0 radical (unpaired) electrons. The molecular weight excluding hydrogens is 210 g/mol. The first-order valence-corrected chi connectivity index (χ1v) is 6.87. The highest BCUT2D eigenvalue weighted by molar-refractivity contribution is 8.01. The Morgan fingerprint density at radius 2 is 2.14 bits per heavy atom. The average Bonchev–Trinajstić information content (AvgIpc) is 2.52. The summed E-state index contributed by atoms with van der Waals surface area (Å²) in [7, 11) is 0. The Balaban J connectivity index is 2.35. The summed E-state index contributed by atoms with van der Waals surface area (Å²) in [5.74, 6) is 0. The topological polar surface area (TPSA) is 26.0 Å². The van der Waals surface area contributed by atoms with E-state index < -0.39 is 0 Å². The minimum Gasteiger partial charge on any atom is -0.330 e. The predicted octanol–water partition coefficient (Wildman–Crippen LogP) is 3.53. The maximum absolute atomic E-state index is 5.46. The lowest BCUT2D eigenvalue weighted by Gasteiger charge is -1.99. The number of aryl methyl sites for hydroxylation is 1. The molecule has 0 aromatic carbocycles. The molecule has 3 heteroatoms. The standard InChI is InChI=1S/C11H19NS2/c1-9(2)13-11-7-6-10(14-11)5-3-4-8-12/h6-7,9H,3-5,8,12H2,1-2H3. The molecule has 0 saturated heterocycles. The first-order chi connectivity index (χ1) is 6.72. The van der Waals surface area contributed by atoms with Crippen LogP contribution < -0.4 is 5.73 Å². The van der Waals surface area contributed by atoms with Crippen LogP contribution in [-0.4, -0.2) is 11.8 Å². The van der Waals surface area contributed by atoms with Gasteiger partial charge in [0.05, 0.1) is 4.21 Å². The smallest absolute Gasteiger partial charge is 0.0603 e. The summed E-state index contributed by atoms with van der Waals surface area (Å²) in [6.45, 7) is 5.29. The van der Waals surface area contributed by atoms with Crippen molar-refractivity contribution in [3.05, 3.63) is 17.0 Å². The molecule has 0 unspecified atom stereocenters. The highest BCUT2D eigenvalue weighted by atomic mass is 32.2. The van der Waals surface area contributed by atoms with Gasteiger partial charge in [-0.2, -0.15) is 0 Å². The summed E-state index contributed by atoms with van der Waals surface area (Å²) in [5.41, 5.74) is 5.46. The second kappa shape index (κ2) is 6.49. The first-order valence-electron chi connectivity index (χ1n) is 5.18. The number of unbranched alkanes of at least 4 members (excludes halogenated alkanes) is 1. The summed E-state index contributed by atoms with van der Waals surface area (Å²) >= 11 is 3.89. The van der Waals surface area contributed by atoms with E-state index in [-0.39, 0.29) is 0 Å². The Bertz CT molecular complexity index is 256. The van der Waals surface area contributed by atoms with Crippen molar-refractivity contribution in [1.29, 1.82) is 0 Å². The molecule has 2 N–H and O–H groups in total. The Hall–Kier alpha value is 0.01000. The number of nitrogens with two attached hydrogens (primary N) is 1. The van der Waals surface area contributed by atoms with Crippen molar-refractivity contribution in [2.75, 3.05) is 6.54 Å². The van der Waals surface area contributed by atoms with E-state index >= 15 is 0 Å². The second-order valence-electron chi connectivity index (χ2n) is 3.63. The van der Waals surface area contributed by atoms with E-state index in [1.165, 1.54) is 21.9 Å². The van der Waals surface area contributed by atoms with Crippen LogP contribution in [0.25, 0.3) is 0 Å². The number of thioether (sulfide) groups is 1. The molecule has 0 fully saturated rings. The number of rotatable bonds is 6. The molecule has 0 aliphatic rings. The minimum atomic E-state index is 0.686. The molecule has 1 aromatic rings. The van der Waals surface area contributed by atoms with Gasteiger partial charge in [0.25, 0.3) is 0 Å². The van der Waals surface area contributed by atoms with E-state index in [0.717, 1.165) is 13.0 Å². The van der Waals surface area contributed by atoms with Crippen LogP contribution in [-0.2, 0) is 6.42 Å². The first kappa shape index (κ1) is 12.1. The van der Waals surface area contributed by atoms with Crippen LogP contribution in [0.5, 0.6) is 0 Å². The Labute approximate surface area is 95.1 Å². The maximum atomic E-state index is 5.46. The van der Waals surface area contributed by atoms with Crippen molar-refractivity contribution < 1.29 is 0 Å². The van der Waals surface area contributed by atoms with Gasteiger partial charge in [-0.1, -0.05) is 13.8 Å². The fourth-order valence-corrected chi connectivity index (χ4v) is 3.71. The van der Waals surface area contributed by atoms with Crippen LogP contribution in [0.4, 0.5) is 0 Å². The van der Waals surface area contributed by atoms with Gasteiger partial charge in [0.1, 0.15) is 0 Å². The summed E-state index contributed by atoms with van der Waals surface area (Å²) in [5, 5.41) is 0.686. The van der Waals surface area contributed by atoms with Gasteiger partial charge in [0.2, 0.25) is 0 Å². The second-order valence-corrected chi connectivity index (χ2v) is 6.68. The van der Waals surface area contributed by atoms with Crippen molar-refractivity contribution in [3.63, 3.8) is 0 Å². The van der Waals surface area contributed by atoms with Crippen LogP contribution in [0.15, 0.2) is 16.3 Å². The quantitative estimate of drug-likeness (QED) is 0.596. The largest absolute Gasteiger partial charge is 0.330 e. The lowest BCUT2D eigenvalue weighted by Crippen LogP contribution is -1.98. The van der Waals surface area contributed by atoms with Crippen molar-refractivity contribution >= 4 is 23.1 Å². The molecule has 1 heterocycles. The van der Waals surface area contributed by atoms with Crippen LogP contribution in [0.1, 0.15) is 31.6 Å². The highest BCUT2D eigenvalue weighted by Crippen LogP contribution is 2.30. The Kier molecular flexibility index (Phi) is 5.60. The van der Waals surface area contributed by atoms with E-state index in [2.05, 4.69) is 26.0 Å². The molecular formula is C11H19NS2. The molecule has 0 aliphatic carbocycles. The Morgan fingerprint density at radius 1 is 1.36 bits per heavy atom. The Morgan fingerprint density at radius 3 is 2.79 bits per heavy atom. The average molecular weight is 229 g/mol. The third kappa shape index (κ3) is 4.49. The van der Waals surface area contributed by atoms with Crippen LogP contribution >= 0.6 is 23.1 Å². The fraction of sp³-hybridized carbons (Fsp3) is 0.636. The zero-order chi connectivity index (χ0) is 10.4. The molecule has 1 rings (SSSR count). The molecule has 14 heavy (non-hydrogen) atoms. The van der Waals surface area contributed by atoms with E-state index in [1.807, 2.05) is 23.1 Å². The van der Waals surface area contributed by atoms with Gasteiger partial charge < -0.3 is 5.73 Å². The molecule has 0 aliphatic heterocycles. The van der Waals surface area contributed by atoms with E-state index in [9.17, 15) is 0 Å². The summed E-state index contributed by atoms with van der Waals surface area (Å²) in [6.07, 6.45) is 3.56. The predicted molar refractivity (Wildman–Crippen MR) is 67.3 cm³/mol. The van der Waals surface area contributed by atoms with Crippen molar-refractivity contribution in [2.24, 2.45) is 5.73 Å². The van der Waals surface area contributed by atoms with Gasteiger partial charge in [-0.3, -0.25) is 0 Å². The maximum Gasteiger partial charge on any atom is 0.0603 e. The van der Waals surface area contributed by atoms with Crippen molar-refractivity contribution in [2.45, 2.75) is 42.6 Å². The molecule has 1 aromatic heterocycles. The molecule has 0 amide bonds. The third-order valence-corrected chi connectivity index (χ3v) is 4.18. The van der Waals surface area contributed by atoms with Crippen LogP contribution in [0.3, 0.4) is 0 Å².